The Morgan fingerprint density at radius 3 is 2.33 bits per heavy atom. The van der Waals surface area contributed by atoms with Gasteiger partial charge in [0.15, 0.2) is 4.67 Å². The fourth-order valence-electron chi connectivity index (χ4n) is 0.922. The summed E-state index contributed by atoms with van der Waals surface area (Å²) in [7, 11) is 0. The third kappa shape index (κ3) is 2.11. The molecule has 0 saturated carbocycles. The molecule has 12 heavy (non-hydrogen) atoms. The molecule has 0 aromatic carbocycles. The number of furan rings is 1. The lowest BCUT2D eigenvalue weighted by Crippen LogP contribution is -2.25. The first-order valence-corrected chi connectivity index (χ1v) is 4.71. The van der Waals surface area contributed by atoms with Crippen molar-refractivity contribution in [2.75, 3.05) is 0 Å². The van der Waals surface area contributed by atoms with Crippen molar-refractivity contribution in [3.05, 3.63) is 22.6 Å². The van der Waals surface area contributed by atoms with Gasteiger partial charge in [-0.1, -0.05) is 20.8 Å². The predicted molar refractivity (Wildman–Crippen MR) is 52.8 cm³/mol. The number of nitrogens with two attached hydrogens (primary N) is 1. The average molecular weight is 232 g/mol. The van der Waals surface area contributed by atoms with Crippen molar-refractivity contribution in [1.29, 1.82) is 0 Å². The van der Waals surface area contributed by atoms with E-state index in [0.717, 1.165) is 10.4 Å². The summed E-state index contributed by atoms with van der Waals surface area (Å²) >= 11 is 3.24. The molecule has 1 heterocycles. The van der Waals surface area contributed by atoms with Gasteiger partial charge in [-0.3, -0.25) is 0 Å². The van der Waals surface area contributed by atoms with Crippen molar-refractivity contribution in [2.45, 2.75) is 26.8 Å². The standard InChI is InChI=1S/C9H14BrNO/c1-9(2,3)8(11)6-4-5-7(10)12-6/h4-5,8H,11H2,1-3H3/t8-/m1/s1. The molecular formula is C9H14BrNO. The van der Waals surface area contributed by atoms with Crippen molar-refractivity contribution in [1.82, 2.24) is 0 Å². The van der Waals surface area contributed by atoms with E-state index in [2.05, 4.69) is 36.7 Å². The lowest BCUT2D eigenvalue weighted by molar-refractivity contribution is 0.282. The van der Waals surface area contributed by atoms with Gasteiger partial charge in [-0.05, 0) is 33.5 Å². The summed E-state index contributed by atoms with van der Waals surface area (Å²) in [5.41, 5.74) is 6.01. The van der Waals surface area contributed by atoms with Gasteiger partial charge < -0.3 is 10.2 Å². The van der Waals surface area contributed by atoms with E-state index in [1.807, 2.05) is 12.1 Å². The minimum Gasteiger partial charge on any atom is -0.453 e. The van der Waals surface area contributed by atoms with Gasteiger partial charge in [-0.15, -0.1) is 0 Å². The molecule has 0 fully saturated rings. The van der Waals surface area contributed by atoms with Gasteiger partial charge in [0.25, 0.3) is 0 Å². The smallest absolute Gasteiger partial charge is 0.169 e. The third-order valence-electron chi connectivity index (χ3n) is 1.83. The molecule has 2 N–H and O–H groups in total. The average Bonchev–Trinajstić information content (AvgIpc) is 2.32. The molecule has 68 valence electrons. The Morgan fingerprint density at radius 1 is 1.42 bits per heavy atom. The Morgan fingerprint density at radius 2 is 2.00 bits per heavy atom. The summed E-state index contributed by atoms with van der Waals surface area (Å²) in [5.74, 6) is 0.828. The van der Waals surface area contributed by atoms with E-state index in [0.29, 0.717) is 0 Å². The number of hydrogen-bond donors (Lipinski definition) is 1. The van der Waals surface area contributed by atoms with Crippen LogP contribution in [0.2, 0.25) is 0 Å². The Kier molecular flexibility index (Phi) is 2.64. The summed E-state index contributed by atoms with van der Waals surface area (Å²) < 4.78 is 6.10. The molecule has 1 aromatic heterocycles. The van der Waals surface area contributed by atoms with Crippen LogP contribution >= 0.6 is 15.9 Å². The zero-order valence-electron chi connectivity index (χ0n) is 7.60. The van der Waals surface area contributed by atoms with Crippen LogP contribution in [0, 0.1) is 5.41 Å². The molecule has 0 bridgehead atoms. The van der Waals surface area contributed by atoms with Crippen LogP contribution < -0.4 is 5.73 Å². The van der Waals surface area contributed by atoms with Crippen LogP contribution in [0.3, 0.4) is 0 Å². The number of hydrogen-bond acceptors (Lipinski definition) is 2. The monoisotopic (exact) mass is 231 g/mol. The van der Waals surface area contributed by atoms with Crippen molar-refractivity contribution >= 4 is 15.9 Å². The quantitative estimate of drug-likeness (QED) is 0.807. The van der Waals surface area contributed by atoms with E-state index < -0.39 is 0 Å². The van der Waals surface area contributed by atoms with E-state index in [1.54, 1.807) is 0 Å². The van der Waals surface area contributed by atoms with E-state index in [-0.39, 0.29) is 11.5 Å². The van der Waals surface area contributed by atoms with E-state index in [4.69, 9.17) is 10.2 Å². The van der Waals surface area contributed by atoms with Crippen LogP contribution in [-0.4, -0.2) is 0 Å². The molecule has 0 aliphatic carbocycles. The van der Waals surface area contributed by atoms with Gasteiger partial charge in [-0.25, -0.2) is 0 Å². The topological polar surface area (TPSA) is 39.2 Å². The Balaban J connectivity index is 2.85. The van der Waals surface area contributed by atoms with Gasteiger partial charge in [0.2, 0.25) is 0 Å². The molecule has 1 rings (SSSR count). The summed E-state index contributed by atoms with van der Waals surface area (Å²) in [6.45, 7) is 6.27. The van der Waals surface area contributed by atoms with Crippen LogP contribution in [0.25, 0.3) is 0 Å². The second-order valence-corrected chi connectivity index (χ2v) is 4.77. The van der Waals surface area contributed by atoms with Crippen LogP contribution in [0.1, 0.15) is 32.6 Å². The largest absolute Gasteiger partial charge is 0.453 e. The normalized spacial score (nSPS) is 14.8. The summed E-state index contributed by atoms with van der Waals surface area (Å²) in [6, 6.07) is 3.71. The predicted octanol–water partition coefficient (Wildman–Crippen LogP) is 3.09. The van der Waals surface area contributed by atoms with Crippen LogP contribution in [0.15, 0.2) is 21.2 Å². The van der Waals surface area contributed by atoms with Gasteiger partial charge in [0.05, 0.1) is 6.04 Å². The van der Waals surface area contributed by atoms with Crippen LogP contribution in [0.5, 0.6) is 0 Å². The van der Waals surface area contributed by atoms with Crippen molar-refractivity contribution in [3.8, 4) is 0 Å². The maximum absolute atomic E-state index is 5.97. The highest BCUT2D eigenvalue weighted by molar-refractivity contribution is 9.10. The lowest BCUT2D eigenvalue weighted by atomic mass is 9.86. The molecule has 0 aliphatic rings. The highest BCUT2D eigenvalue weighted by Gasteiger charge is 2.24. The number of rotatable bonds is 1. The van der Waals surface area contributed by atoms with Crippen molar-refractivity contribution < 1.29 is 4.42 Å². The maximum atomic E-state index is 5.97. The van der Waals surface area contributed by atoms with E-state index >= 15 is 0 Å². The summed E-state index contributed by atoms with van der Waals surface area (Å²) in [6.07, 6.45) is 0. The lowest BCUT2D eigenvalue weighted by Gasteiger charge is -2.24. The molecule has 1 aromatic rings. The first-order valence-electron chi connectivity index (χ1n) is 3.92. The minimum absolute atomic E-state index is 0.0390. The Bertz CT molecular complexity index is 262. The van der Waals surface area contributed by atoms with Crippen LogP contribution in [0.4, 0.5) is 0 Å². The zero-order chi connectivity index (χ0) is 9.35. The minimum atomic E-state index is -0.0520. The molecule has 0 spiro atoms. The molecule has 0 saturated heterocycles. The molecule has 3 heteroatoms. The molecule has 0 radical (unpaired) electrons. The molecule has 2 nitrogen and oxygen atoms in total. The third-order valence-corrected chi connectivity index (χ3v) is 2.26. The highest BCUT2D eigenvalue weighted by atomic mass is 79.9. The summed E-state index contributed by atoms with van der Waals surface area (Å²) in [4.78, 5) is 0. The second kappa shape index (κ2) is 3.23. The number of halogens is 1. The Labute approximate surface area is 81.3 Å². The van der Waals surface area contributed by atoms with Gasteiger partial charge >= 0.3 is 0 Å². The first kappa shape index (κ1) is 9.81. The summed E-state index contributed by atoms with van der Waals surface area (Å²) in [5, 5.41) is 0. The van der Waals surface area contributed by atoms with Crippen LogP contribution in [-0.2, 0) is 0 Å². The molecule has 0 unspecified atom stereocenters. The first-order chi connectivity index (χ1) is 5.41. The fourth-order valence-corrected chi connectivity index (χ4v) is 1.24. The van der Waals surface area contributed by atoms with E-state index in [9.17, 15) is 0 Å². The maximum Gasteiger partial charge on any atom is 0.169 e. The fraction of sp³-hybridized carbons (Fsp3) is 0.556. The second-order valence-electron chi connectivity index (χ2n) is 3.99. The highest BCUT2D eigenvalue weighted by Crippen LogP contribution is 2.32. The van der Waals surface area contributed by atoms with Gasteiger partial charge in [0.1, 0.15) is 5.76 Å². The zero-order valence-corrected chi connectivity index (χ0v) is 9.18. The van der Waals surface area contributed by atoms with Gasteiger partial charge in [-0.2, -0.15) is 0 Å². The molecule has 0 amide bonds. The SMILES string of the molecule is CC(C)(C)[C@H](N)c1ccc(Br)o1. The molecule has 1 atom stereocenters. The molecule has 0 aliphatic heterocycles. The van der Waals surface area contributed by atoms with Crippen molar-refractivity contribution in [2.24, 2.45) is 11.1 Å². The van der Waals surface area contributed by atoms with Gasteiger partial charge in [0, 0.05) is 0 Å². The Hall–Kier alpha value is -0.280. The van der Waals surface area contributed by atoms with E-state index in [1.165, 1.54) is 0 Å². The molecular weight excluding hydrogens is 218 g/mol. The van der Waals surface area contributed by atoms with Crippen molar-refractivity contribution in [3.63, 3.8) is 0 Å².